The molecule has 29 heavy (non-hydrogen) atoms. The van der Waals surface area contributed by atoms with Crippen molar-refractivity contribution >= 4 is 17.2 Å². The number of alkyl halides is 3. The number of halogens is 3. The minimum atomic E-state index is -4.40. The van der Waals surface area contributed by atoms with Gasteiger partial charge in [-0.1, -0.05) is 32.1 Å². The Morgan fingerprint density at radius 2 is 1.79 bits per heavy atom. The molecule has 1 atom stereocenters. The maximum atomic E-state index is 13.5. The number of hydrogen-bond donors (Lipinski definition) is 2. The van der Waals surface area contributed by atoms with Gasteiger partial charge in [0.05, 0.1) is 16.9 Å². The standard InChI is InChI=1S/C21H26F3N5/c1-14(2)15-6-7-17-18(13-15)27-20(26-17)29-11-9-28(10-12-29)19-16(21(22,23)24)5-3-4-8-25-19/h4-8,13-14,20,26-27H,3,9-12H2,1-2H3. The van der Waals surface area contributed by atoms with Gasteiger partial charge >= 0.3 is 6.18 Å². The zero-order chi connectivity index (χ0) is 20.6. The van der Waals surface area contributed by atoms with E-state index in [9.17, 15) is 13.2 Å². The topological polar surface area (TPSA) is 42.9 Å². The fraction of sp³-hybridized carbons (Fsp3) is 0.476. The van der Waals surface area contributed by atoms with Gasteiger partial charge in [-0.2, -0.15) is 13.2 Å². The molecule has 1 aromatic rings. The van der Waals surface area contributed by atoms with Crippen molar-refractivity contribution in [2.75, 3.05) is 36.8 Å². The summed E-state index contributed by atoms with van der Waals surface area (Å²) in [6.45, 7) is 6.60. The summed E-state index contributed by atoms with van der Waals surface area (Å²) >= 11 is 0. The fourth-order valence-corrected chi connectivity index (χ4v) is 3.90. The van der Waals surface area contributed by atoms with Crippen molar-refractivity contribution in [1.29, 1.82) is 0 Å². The molecule has 156 valence electrons. The number of nitrogens with one attached hydrogen (secondary N) is 2. The third-order valence-electron chi connectivity index (χ3n) is 5.58. The Labute approximate surface area is 169 Å². The van der Waals surface area contributed by atoms with Crippen LogP contribution in [0.5, 0.6) is 0 Å². The molecule has 0 saturated carbocycles. The third-order valence-corrected chi connectivity index (χ3v) is 5.58. The van der Waals surface area contributed by atoms with Gasteiger partial charge in [0.1, 0.15) is 5.84 Å². The van der Waals surface area contributed by atoms with Crippen LogP contribution in [-0.4, -0.2) is 54.3 Å². The van der Waals surface area contributed by atoms with Crippen LogP contribution >= 0.6 is 0 Å². The van der Waals surface area contributed by atoms with Gasteiger partial charge in [0.25, 0.3) is 0 Å². The van der Waals surface area contributed by atoms with Crippen LogP contribution in [-0.2, 0) is 0 Å². The average molecular weight is 405 g/mol. The van der Waals surface area contributed by atoms with E-state index in [1.807, 2.05) is 0 Å². The Morgan fingerprint density at radius 3 is 2.48 bits per heavy atom. The molecule has 3 heterocycles. The second kappa shape index (κ2) is 7.74. The van der Waals surface area contributed by atoms with Crippen molar-refractivity contribution in [1.82, 2.24) is 9.80 Å². The van der Waals surface area contributed by atoms with Crippen molar-refractivity contribution in [2.24, 2.45) is 4.99 Å². The van der Waals surface area contributed by atoms with E-state index >= 15 is 0 Å². The first kappa shape index (κ1) is 19.8. The first-order valence-electron chi connectivity index (χ1n) is 9.99. The minimum Gasteiger partial charge on any atom is -0.354 e. The molecule has 0 aromatic heterocycles. The van der Waals surface area contributed by atoms with Crippen LogP contribution in [0.4, 0.5) is 24.5 Å². The summed E-state index contributed by atoms with van der Waals surface area (Å²) in [6.07, 6.45) is 0.130. The Bertz CT molecular complexity index is 848. The van der Waals surface area contributed by atoms with Gasteiger partial charge in [-0.15, -0.1) is 0 Å². The van der Waals surface area contributed by atoms with Crippen molar-refractivity contribution < 1.29 is 13.2 Å². The van der Waals surface area contributed by atoms with E-state index in [1.54, 1.807) is 11.0 Å². The molecule has 0 bridgehead atoms. The highest BCUT2D eigenvalue weighted by Gasteiger charge is 2.40. The summed E-state index contributed by atoms with van der Waals surface area (Å²) in [5, 5.41) is 6.97. The van der Waals surface area contributed by atoms with E-state index in [0.717, 1.165) is 11.4 Å². The van der Waals surface area contributed by atoms with Gasteiger partial charge in [-0.25, -0.2) is 4.99 Å². The lowest BCUT2D eigenvalue weighted by Gasteiger charge is -2.39. The van der Waals surface area contributed by atoms with Crippen LogP contribution in [0.2, 0.25) is 0 Å². The number of piperazine rings is 1. The molecular weight excluding hydrogens is 379 g/mol. The molecule has 1 fully saturated rings. The lowest BCUT2D eigenvalue weighted by molar-refractivity contribution is -0.0873. The molecule has 0 aliphatic carbocycles. The number of aliphatic imine (C=N–C) groups is 1. The van der Waals surface area contributed by atoms with E-state index in [4.69, 9.17) is 0 Å². The van der Waals surface area contributed by atoms with E-state index < -0.39 is 11.7 Å². The zero-order valence-electron chi connectivity index (χ0n) is 16.6. The highest BCUT2D eigenvalue weighted by atomic mass is 19.4. The number of fused-ring (bicyclic) bond motifs is 1. The normalized spacial score (nSPS) is 22.6. The summed E-state index contributed by atoms with van der Waals surface area (Å²) in [6, 6.07) is 6.37. The quantitative estimate of drug-likeness (QED) is 0.768. The van der Waals surface area contributed by atoms with Gasteiger partial charge in [-0.3, -0.25) is 4.90 Å². The summed E-state index contributed by atoms with van der Waals surface area (Å²) in [5.41, 5.74) is 2.77. The maximum absolute atomic E-state index is 13.5. The molecule has 8 heteroatoms. The molecule has 0 amide bonds. The van der Waals surface area contributed by atoms with E-state index in [1.165, 1.54) is 17.8 Å². The number of nitrogens with zero attached hydrogens (tertiary/aromatic N) is 3. The fourth-order valence-electron chi connectivity index (χ4n) is 3.90. The zero-order valence-corrected chi connectivity index (χ0v) is 16.6. The monoisotopic (exact) mass is 405 g/mol. The number of allylic oxidation sites excluding steroid dienone is 2. The molecule has 3 aliphatic rings. The average Bonchev–Trinajstić information content (AvgIpc) is 2.94. The van der Waals surface area contributed by atoms with E-state index in [2.05, 4.69) is 52.6 Å². The van der Waals surface area contributed by atoms with E-state index in [-0.39, 0.29) is 18.5 Å². The third kappa shape index (κ3) is 4.12. The second-order valence-corrected chi connectivity index (χ2v) is 7.86. The number of benzene rings is 1. The molecule has 5 nitrogen and oxygen atoms in total. The van der Waals surface area contributed by atoms with Crippen molar-refractivity contribution in [3.8, 4) is 0 Å². The molecule has 0 radical (unpaired) electrons. The van der Waals surface area contributed by atoms with Gasteiger partial charge < -0.3 is 15.5 Å². The highest BCUT2D eigenvalue weighted by molar-refractivity contribution is 6.00. The number of amidine groups is 1. The molecule has 1 saturated heterocycles. The Morgan fingerprint density at radius 1 is 1.07 bits per heavy atom. The largest absolute Gasteiger partial charge is 0.419 e. The summed E-state index contributed by atoms with van der Waals surface area (Å²) in [5.74, 6) is 0.484. The van der Waals surface area contributed by atoms with Gasteiger partial charge in [0.15, 0.2) is 6.29 Å². The predicted octanol–water partition coefficient (Wildman–Crippen LogP) is 4.35. The summed E-state index contributed by atoms with van der Waals surface area (Å²) in [4.78, 5) is 8.06. The first-order chi connectivity index (χ1) is 13.8. The number of hydrogen-bond acceptors (Lipinski definition) is 5. The van der Waals surface area contributed by atoms with Crippen LogP contribution in [0.3, 0.4) is 0 Å². The van der Waals surface area contributed by atoms with Gasteiger partial charge in [0, 0.05) is 32.4 Å². The molecule has 1 unspecified atom stereocenters. The Kier molecular flexibility index (Phi) is 5.29. The number of anilines is 2. The van der Waals surface area contributed by atoms with Crippen LogP contribution in [0.15, 0.2) is 47.1 Å². The van der Waals surface area contributed by atoms with Crippen LogP contribution in [0.25, 0.3) is 0 Å². The smallest absolute Gasteiger partial charge is 0.354 e. The molecular formula is C21H26F3N5. The minimum absolute atomic E-state index is 0.0306. The van der Waals surface area contributed by atoms with Gasteiger partial charge in [0.2, 0.25) is 0 Å². The lowest BCUT2D eigenvalue weighted by Crippen LogP contribution is -2.55. The SMILES string of the molecule is CC(C)c1ccc2c(c1)NC(N1CCN(C3=NC=CCC=C3C(F)(F)F)CC1)N2. The van der Waals surface area contributed by atoms with Crippen molar-refractivity contribution in [3.63, 3.8) is 0 Å². The van der Waals surface area contributed by atoms with Crippen LogP contribution in [0.1, 0.15) is 31.7 Å². The Balaban J connectivity index is 1.41. The lowest BCUT2D eigenvalue weighted by atomic mass is 10.0. The van der Waals surface area contributed by atoms with Crippen LogP contribution in [0, 0.1) is 0 Å². The number of rotatable bonds is 2. The van der Waals surface area contributed by atoms with Crippen molar-refractivity contribution in [2.45, 2.75) is 38.7 Å². The molecule has 0 spiro atoms. The van der Waals surface area contributed by atoms with E-state index in [0.29, 0.717) is 32.1 Å². The van der Waals surface area contributed by atoms with Gasteiger partial charge in [-0.05, 0) is 30.0 Å². The highest BCUT2D eigenvalue weighted by Crippen LogP contribution is 2.34. The molecule has 2 N–H and O–H groups in total. The first-order valence-corrected chi connectivity index (χ1v) is 9.99. The summed E-state index contributed by atoms with van der Waals surface area (Å²) in [7, 11) is 0. The van der Waals surface area contributed by atoms with Crippen LogP contribution < -0.4 is 10.6 Å². The molecule has 3 aliphatic heterocycles. The van der Waals surface area contributed by atoms with Crippen molar-refractivity contribution in [3.05, 3.63) is 47.7 Å². The predicted molar refractivity (Wildman–Crippen MR) is 110 cm³/mol. The molecule has 4 rings (SSSR count). The summed E-state index contributed by atoms with van der Waals surface area (Å²) < 4.78 is 40.4. The Hall–Kier alpha value is -2.48. The molecule has 1 aromatic carbocycles. The maximum Gasteiger partial charge on any atom is 0.419 e. The second-order valence-electron chi connectivity index (χ2n) is 7.86.